The van der Waals surface area contributed by atoms with Crippen molar-refractivity contribution in [1.82, 2.24) is 15.5 Å². The van der Waals surface area contributed by atoms with Crippen molar-refractivity contribution in [2.75, 3.05) is 46.4 Å². The molecular weight excluding hydrogens is 380 g/mol. The topological polar surface area (TPSA) is 75.2 Å². The van der Waals surface area contributed by atoms with Crippen LogP contribution in [0.5, 0.6) is 0 Å². The Bertz CT molecular complexity index is 553. The van der Waals surface area contributed by atoms with Gasteiger partial charge >= 0.3 is 6.09 Å². The molecule has 0 spiro atoms. The van der Waals surface area contributed by atoms with Crippen molar-refractivity contribution in [1.29, 1.82) is 0 Å². The molecule has 7 heteroatoms. The first-order valence-corrected chi connectivity index (χ1v) is 11.8. The van der Waals surface area contributed by atoms with Crippen LogP contribution in [0.25, 0.3) is 0 Å². The molecule has 2 N–H and O–H groups in total. The van der Waals surface area contributed by atoms with Gasteiger partial charge in [0.05, 0.1) is 0 Å². The highest BCUT2D eigenvalue weighted by molar-refractivity contribution is 5.79. The van der Waals surface area contributed by atoms with Gasteiger partial charge in [0.25, 0.3) is 0 Å². The van der Waals surface area contributed by atoms with E-state index in [9.17, 15) is 4.79 Å². The van der Waals surface area contributed by atoms with Crippen molar-refractivity contribution in [3.63, 3.8) is 0 Å². The van der Waals surface area contributed by atoms with Gasteiger partial charge in [0.15, 0.2) is 5.96 Å². The van der Waals surface area contributed by atoms with Crippen LogP contribution in [0.2, 0.25) is 0 Å². The Morgan fingerprint density at radius 1 is 1.20 bits per heavy atom. The van der Waals surface area contributed by atoms with E-state index >= 15 is 0 Å². The number of guanidine groups is 1. The Kier molecular flexibility index (Phi) is 9.72. The maximum Gasteiger partial charge on any atom is 0.410 e. The number of amides is 1. The van der Waals surface area contributed by atoms with Crippen LogP contribution in [-0.4, -0.2) is 69.0 Å². The van der Waals surface area contributed by atoms with Gasteiger partial charge in [-0.05, 0) is 71.1 Å². The van der Waals surface area contributed by atoms with E-state index in [4.69, 9.17) is 14.5 Å². The lowest BCUT2D eigenvalue weighted by atomic mass is 9.83. The van der Waals surface area contributed by atoms with Crippen molar-refractivity contribution >= 4 is 12.1 Å². The van der Waals surface area contributed by atoms with Gasteiger partial charge < -0.3 is 25.0 Å². The molecule has 0 bridgehead atoms. The van der Waals surface area contributed by atoms with Crippen molar-refractivity contribution in [2.24, 2.45) is 16.3 Å². The third kappa shape index (κ3) is 8.32. The van der Waals surface area contributed by atoms with Gasteiger partial charge in [-0.15, -0.1) is 0 Å². The number of carbonyl (C=O) groups excluding carboxylic acids is 1. The number of nitrogens with zero attached hydrogens (tertiary/aromatic N) is 2. The number of methoxy groups -OCH3 is 1. The second kappa shape index (κ2) is 11.8. The SMILES string of the molecule is CCNC(=NCC1(CCOC)CCCC1)NCC1CCCN(C(=O)OC(C)(C)C)C1. The molecule has 2 fully saturated rings. The summed E-state index contributed by atoms with van der Waals surface area (Å²) in [6.07, 6.45) is 8.09. The lowest BCUT2D eigenvalue weighted by molar-refractivity contribution is 0.0168. The monoisotopic (exact) mass is 424 g/mol. The predicted octanol–water partition coefficient (Wildman–Crippen LogP) is 3.79. The molecule has 1 unspecified atom stereocenters. The highest BCUT2D eigenvalue weighted by Crippen LogP contribution is 2.41. The molecule has 0 aromatic rings. The molecule has 7 nitrogen and oxygen atoms in total. The summed E-state index contributed by atoms with van der Waals surface area (Å²) in [4.78, 5) is 19.2. The predicted molar refractivity (Wildman–Crippen MR) is 122 cm³/mol. The van der Waals surface area contributed by atoms with E-state index in [1.807, 2.05) is 25.7 Å². The molecule has 1 heterocycles. The molecule has 0 aromatic heterocycles. The molecule has 1 saturated heterocycles. The fourth-order valence-electron chi connectivity index (χ4n) is 4.48. The van der Waals surface area contributed by atoms with Crippen LogP contribution < -0.4 is 10.6 Å². The largest absolute Gasteiger partial charge is 0.444 e. The first-order valence-electron chi connectivity index (χ1n) is 11.8. The van der Waals surface area contributed by atoms with Crippen LogP contribution in [0.4, 0.5) is 4.79 Å². The molecule has 0 aromatic carbocycles. The Labute approximate surface area is 183 Å². The summed E-state index contributed by atoms with van der Waals surface area (Å²) in [6.45, 7) is 12.7. The molecule has 1 aliphatic heterocycles. The molecule has 174 valence electrons. The Balaban J connectivity index is 1.88. The van der Waals surface area contributed by atoms with Crippen LogP contribution in [-0.2, 0) is 9.47 Å². The fraction of sp³-hybridized carbons (Fsp3) is 0.913. The fourth-order valence-corrected chi connectivity index (χ4v) is 4.48. The molecule has 1 amide bonds. The smallest absolute Gasteiger partial charge is 0.410 e. The molecule has 1 saturated carbocycles. The summed E-state index contributed by atoms with van der Waals surface area (Å²) in [6, 6.07) is 0. The maximum atomic E-state index is 12.4. The third-order valence-electron chi connectivity index (χ3n) is 6.15. The average Bonchev–Trinajstić information content (AvgIpc) is 3.16. The first kappa shape index (κ1) is 24.8. The Hall–Kier alpha value is -1.50. The lowest BCUT2D eigenvalue weighted by Crippen LogP contribution is -2.47. The van der Waals surface area contributed by atoms with Gasteiger partial charge in [0.2, 0.25) is 0 Å². The zero-order valence-electron chi connectivity index (χ0n) is 19.9. The zero-order chi connectivity index (χ0) is 22.0. The Morgan fingerprint density at radius 3 is 2.57 bits per heavy atom. The molecule has 2 aliphatic rings. The molecular formula is C23H44N4O3. The molecule has 0 radical (unpaired) electrons. The number of ether oxygens (including phenoxy) is 2. The average molecular weight is 425 g/mol. The van der Waals surface area contributed by atoms with E-state index in [0.29, 0.717) is 5.92 Å². The number of piperidine rings is 1. The summed E-state index contributed by atoms with van der Waals surface area (Å²) in [5.74, 6) is 1.29. The van der Waals surface area contributed by atoms with Crippen LogP contribution in [0, 0.1) is 11.3 Å². The number of hydrogen-bond donors (Lipinski definition) is 2. The second-order valence-corrected chi connectivity index (χ2v) is 9.96. The van der Waals surface area contributed by atoms with Crippen LogP contribution >= 0.6 is 0 Å². The van der Waals surface area contributed by atoms with Gasteiger partial charge in [0, 0.05) is 46.4 Å². The van der Waals surface area contributed by atoms with E-state index in [1.54, 1.807) is 7.11 Å². The number of likely N-dealkylation sites (tertiary alicyclic amines) is 1. The van der Waals surface area contributed by atoms with Crippen molar-refractivity contribution in [3.8, 4) is 0 Å². The van der Waals surface area contributed by atoms with Gasteiger partial charge in [0.1, 0.15) is 5.60 Å². The number of aliphatic imine (C=N–C) groups is 1. The third-order valence-corrected chi connectivity index (χ3v) is 6.15. The second-order valence-electron chi connectivity index (χ2n) is 9.96. The van der Waals surface area contributed by atoms with E-state index in [0.717, 1.165) is 64.6 Å². The molecule has 2 rings (SSSR count). The number of carbonyl (C=O) groups is 1. The van der Waals surface area contributed by atoms with Crippen LogP contribution in [0.1, 0.15) is 72.6 Å². The van der Waals surface area contributed by atoms with E-state index in [1.165, 1.54) is 25.7 Å². The number of rotatable bonds is 8. The van der Waals surface area contributed by atoms with Gasteiger partial charge in [-0.3, -0.25) is 4.99 Å². The van der Waals surface area contributed by atoms with E-state index in [-0.39, 0.29) is 11.5 Å². The zero-order valence-corrected chi connectivity index (χ0v) is 19.9. The highest BCUT2D eigenvalue weighted by Gasteiger charge is 2.33. The maximum absolute atomic E-state index is 12.4. The highest BCUT2D eigenvalue weighted by atomic mass is 16.6. The van der Waals surface area contributed by atoms with Gasteiger partial charge in [-0.25, -0.2) is 4.79 Å². The minimum atomic E-state index is -0.452. The quantitative estimate of drug-likeness (QED) is 0.458. The standard InChI is InChI=1S/C23H44N4O3/c1-6-24-20(26-18-23(13-15-29-5)11-7-8-12-23)25-16-19-10-9-14-27(17-19)21(28)30-22(2,3)4/h19H,6-18H2,1-5H3,(H2,24,25,26). The number of hydrogen-bond acceptors (Lipinski definition) is 4. The summed E-state index contributed by atoms with van der Waals surface area (Å²) >= 11 is 0. The summed E-state index contributed by atoms with van der Waals surface area (Å²) in [7, 11) is 1.78. The van der Waals surface area contributed by atoms with Crippen molar-refractivity contribution < 1.29 is 14.3 Å². The Morgan fingerprint density at radius 2 is 1.93 bits per heavy atom. The van der Waals surface area contributed by atoms with Crippen molar-refractivity contribution in [2.45, 2.75) is 78.2 Å². The summed E-state index contributed by atoms with van der Waals surface area (Å²) < 4.78 is 10.9. The molecule has 1 aliphatic carbocycles. The van der Waals surface area contributed by atoms with E-state index in [2.05, 4.69) is 17.6 Å². The van der Waals surface area contributed by atoms with Crippen LogP contribution in [0.3, 0.4) is 0 Å². The van der Waals surface area contributed by atoms with Crippen molar-refractivity contribution in [3.05, 3.63) is 0 Å². The minimum Gasteiger partial charge on any atom is -0.444 e. The normalized spacial score (nSPS) is 22.1. The molecule has 30 heavy (non-hydrogen) atoms. The first-order chi connectivity index (χ1) is 14.3. The number of nitrogens with one attached hydrogen (secondary N) is 2. The van der Waals surface area contributed by atoms with Gasteiger partial charge in [-0.2, -0.15) is 0 Å². The summed E-state index contributed by atoms with van der Waals surface area (Å²) in [5.41, 5.74) is -0.164. The van der Waals surface area contributed by atoms with E-state index < -0.39 is 5.60 Å². The van der Waals surface area contributed by atoms with Gasteiger partial charge in [-0.1, -0.05) is 12.8 Å². The summed E-state index contributed by atoms with van der Waals surface area (Å²) in [5, 5.41) is 6.91. The molecule has 1 atom stereocenters. The lowest BCUT2D eigenvalue weighted by Gasteiger charge is -2.34. The van der Waals surface area contributed by atoms with Crippen LogP contribution in [0.15, 0.2) is 4.99 Å². The minimum absolute atomic E-state index is 0.200.